The first-order valence-electron chi connectivity index (χ1n) is 3.25. The highest BCUT2D eigenvalue weighted by molar-refractivity contribution is 6.24. The number of hydrogen-bond donors (Lipinski definition) is 0. The Morgan fingerprint density at radius 3 is 2.82 bits per heavy atom. The molecule has 0 N–H and O–H groups in total. The molecule has 0 fully saturated rings. The lowest BCUT2D eigenvalue weighted by Crippen LogP contribution is -2.03. The Morgan fingerprint density at radius 2 is 2.18 bits per heavy atom. The Balaban J connectivity index is 2.97. The Hall–Kier alpha value is -1.51. The smallest absolute Gasteiger partial charge is 0.173 e. The summed E-state index contributed by atoms with van der Waals surface area (Å²) in [4.78, 5) is 12.0. The van der Waals surface area contributed by atoms with Crippen molar-refractivity contribution in [3.05, 3.63) is 24.4 Å². The van der Waals surface area contributed by atoms with Crippen molar-refractivity contribution in [3.8, 4) is 0 Å². The van der Waals surface area contributed by atoms with Crippen molar-refractivity contribution < 1.29 is 0 Å². The van der Waals surface area contributed by atoms with E-state index < -0.39 is 0 Å². The molecule has 0 aromatic rings. The van der Waals surface area contributed by atoms with Gasteiger partial charge in [-0.05, 0) is 6.08 Å². The van der Waals surface area contributed by atoms with Gasteiger partial charge in [-0.2, -0.15) is 0 Å². The third-order valence-electron chi connectivity index (χ3n) is 1.19. The largest absolute Gasteiger partial charge is 0.268 e. The first kappa shape index (κ1) is 7.60. The van der Waals surface area contributed by atoms with Crippen LogP contribution in [0.25, 0.3) is 0 Å². The third kappa shape index (κ3) is 1.70. The average molecular weight is 147 g/mol. The lowest BCUT2D eigenvalue weighted by Gasteiger charge is -2.01. The number of aliphatic imine (C=N–C) groups is 3. The monoisotopic (exact) mass is 147 g/mol. The van der Waals surface area contributed by atoms with E-state index in [1.807, 2.05) is 0 Å². The van der Waals surface area contributed by atoms with E-state index in [1.165, 1.54) is 0 Å². The molecule has 0 aromatic carbocycles. The van der Waals surface area contributed by atoms with Gasteiger partial charge in [-0.3, -0.25) is 9.98 Å². The average Bonchev–Trinajstić information content (AvgIpc) is 2.06. The minimum Gasteiger partial charge on any atom is -0.268 e. The molecule has 0 bridgehead atoms. The fraction of sp³-hybridized carbons (Fsp3) is 0.125. The van der Waals surface area contributed by atoms with Gasteiger partial charge in [-0.1, -0.05) is 12.7 Å². The van der Waals surface area contributed by atoms with Crippen LogP contribution < -0.4 is 0 Å². The molecule has 0 amide bonds. The Morgan fingerprint density at radius 1 is 1.45 bits per heavy atom. The second-order valence-corrected chi connectivity index (χ2v) is 1.89. The van der Waals surface area contributed by atoms with Gasteiger partial charge in [-0.25, -0.2) is 4.99 Å². The standard InChI is InChI=1S/C8H9N3/c1-3-4-7-8(9-2)11-6-5-10-7/h3-6H,1H2,2H3/b7-4+,9-8?. The zero-order chi connectivity index (χ0) is 8.10. The van der Waals surface area contributed by atoms with Crippen LogP contribution in [0.15, 0.2) is 39.4 Å². The molecule has 11 heavy (non-hydrogen) atoms. The molecule has 1 aliphatic rings. The summed E-state index contributed by atoms with van der Waals surface area (Å²) in [5.41, 5.74) is 0.755. The fourth-order valence-corrected chi connectivity index (χ4v) is 0.743. The third-order valence-corrected chi connectivity index (χ3v) is 1.19. The van der Waals surface area contributed by atoms with Crippen LogP contribution in [-0.2, 0) is 0 Å². The van der Waals surface area contributed by atoms with Crippen LogP contribution in [0.4, 0.5) is 0 Å². The molecular weight excluding hydrogens is 138 g/mol. The number of hydrogen-bond acceptors (Lipinski definition) is 2. The van der Waals surface area contributed by atoms with Crippen molar-refractivity contribution >= 4 is 18.3 Å². The predicted molar refractivity (Wildman–Crippen MR) is 48.6 cm³/mol. The van der Waals surface area contributed by atoms with Crippen molar-refractivity contribution in [2.75, 3.05) is 7.05 Å². The van der Waals surface area contributed by atoms with Gasteiger partial charge in [0.1, 0.15) is 5.70 Å². The summed E-state index contributed by atoms with van der Waals surface area (Å²) in [6.07, 6.45) is 6.68. The van der Waals surface area contributed by atoms with E-state index in [9.17, 15) is 0 Å². The molecule has 1 aliphatic heterocycles. The van der Waals surface area contributed by atoms with E-state index in [-0.39, 0.29) is 0 Å². The van der Waals surface area contributed by atoms with Gasteiger partial charge in [0.05, 0.1) is 0 Å². The fourth-order valence-electron chi connectivity index (χ4n) is 0.743. The Labute approximate surface area is 65.6 Å². The summed E-state index contributed by atoms with van der Waals surface area (Å²) in [5, 5.41) is 0. The number of nitrogens with zero attached hydrogens (tertiary/aromatic N) is 3. The van der Waals surface area contributed by atoms with Gasteiger partial charge in [-0.15, -0.1) is 0 Å². The molecule has 0 atom stereocenters. The lowest BCUT2D eigenvalue weighted by molar-refractivity contribution is 1.33. The first-order valence-corrected chi connectivity index (χ1v) is 3.25. The van der Waals surface area contributed by atoms with Crippen molar-refractivity contribution in [1.82, 2.24) is 0 Å². The van der Waals surface area contributed by atoms with Crippen LogP contribution in [-0.4, -0.2) is 25.3 Å². The molecule has 0 saturated heterocycles. The summed E-state index contributed by atoms with van der Waals surface area (Å²) in [5.74, 6) is 0.646. The van der Waals surface area contributed by atoms with Crippen molar-refractivity contribution in [2.45, 2.75) is 0 Å². The van der Waals surface area contributed by atoms with Gasteiger partial charge >= 0.3 is 0 Å². The van der Waals surface area contributed by atoms with Crippen LogP contribution >= 0.6 is 0 Å². The minimum atomic E-state index is 0.646. The van der Waals surface area contributed by atoms with Crippen LogP contribution in [0.1, 0.15) is 0 Å². The van der Waals surface area contributed by atoms with E-state index in [0.717, 1.165) is 5.70 Å². The highest BCUT2D eigenvalue weighted by atomic mass is 15.0. The van der Waals surface area contributed by atoms with E-state index in [4.69, 9.17) is 0 Å². The predicted octanol–water partition coefficient (Wildman–Crippen LogP) is 1.24. The Bertz CT molecular complexity index is 269. The highest BCUT2D eigenvalue weighted by Crippen LogP contribution is 2.03. The minimum absolute atomic E-state index is 0.646. The molecule has 0 aromatic heterocycles. The second kappa shape index (κ2) is 3.61. The molecule has 1 heterocycles. The maximum absolute atomic E-state index is 4.06. The summed E-state index contributed by atoms with van der Waals surface area (Å²) in [7, 11) is 1.68. The molecule has 0 radical (unpaired) electrons. The number of allylic oxidation sites excluding steroid dienone is 2. The van der Waals surface area contributed by atoms with Crippen LogP contribution in [0.2, 0.25) is 0 Å². The molecule has 1 rings (SSSR count). The molecule has 3 nitrogen and oxygen atoms in total. The van der Waals surface area contributed by atoms with Crippen LogP contribution in [0.5, 0.6) is 0 Å². The quantitative estimate of drug-likeness (QED) is 0.535. The van der Waals surface area contributed by atoms with Gasteiger partial charge < -0.3 is 0 Å². The molecule has 0 saturated carbocycles. The van der Waals surface area contributed by atoms with E-state index >= 15 is 0 Å². The van der Waals surface area contributed by atoms with Crippen LogP contribution in [0, 0.1) is 0 Å². The summed E-state index contributed by atoms with van der Waals surface area (Å²) < 4.78 is 0. The SMILES string of the molecule is C=C/C=C1/N=CC=NC1=NC. The van der Waals surface area contributed by atoms with Gasteiger partial charge in [0, 0.05) is 19.5 Å². The molecule has 0 spiro atoms. The maximum atomic E-state index is 4.06. The Kier molecular flexibility index (Phi) is 2.49. The van der Waals surface area contributed by atoms with E-state index in [1.54, 1.807) is 31.6 Å². The summed E-state index contributed by atoms with van der Waals surface area (Å²) in [6.45, 7) is 3.57. The maximum Gasteiger partial charge on any atom is 0.173 e. The molecule has 56 valence electrons. The summed E-state index contributed by atoms with van der Waals surface area (Å²) >= 11 is 0. The molecule has 0 aliphatic carbocycles. The van der Waals surface area contributed by atoms with E-state index in [2.05, 4.69) is 21.6 Å². The number of rotatable bonds is 1. The van der Waals surface area contributed by atoms with Crippen molar-refractivity contribution in [1.29, 1.82) is 0 Å². The zero-order valence-electron chi connectivity index (χ0n) is 6.36. The highest BCUT2D eigenvalue weighted by Gasteiger charge is 2.02. The van der Waals surface area contributed by atoms with Gasteiger partial charge in [0.15, 0.2) is 5.84 Å². The van der Waals surface area contributed by atoms with E-state index in [0.29, 0.717) is 5.84 Å². The number of amidine groups is 1. The van der Waals surface area contributed by atoms with Crippen molar-refractivity contribution in [3.63, 3.8) is 0 Å². The van der Waals surface area contributed by atoms with Gasteiger partial charge in [0.25, 0.3) is 0 Å². The zero-order valence-corrected chi connectivity index (χ0v) is 6.36. The molecule has 3 heteroatoms. The normalized spacial score (nSPS) is 23.0. The summed E-state index contributed by atoms with van der Waals surface area (Å²) in [6, 6.07) is 0. The van der Waals surface area contributed by atoms with Crippen LogP contribution in [0.3, 0.4) is 0 Å². The topological polar surface area (TPSA) is 37.1 Å². The lowest BCUT2D eigenvalue weighted by atomic mass is 10.3. The van der Waals surface area contributed by atoms with Crippen molar-refractivity contribution in [2.24, 2.45) is 15.0 Å². The second-order valence-electron chi connectivity index (χ2n) is 1.89. The molecular formula is C8H9N3. The van der Waals surface area contributed by atoms with Gasteiger partial charge in [0.2, 0.25) is 0 Å². The molecule has 0 unspecified atom stereocenters. The first-order chi connectivity index (χ1) is 5.38.